The molecular weight excluding hydrogens is 412 g/mol. The van der Waals surface area contributed by atoms with Crippen molar-refractivity contribution in [2.24, 2.45) is 0 Å². The van der Waals surface area contributed by atoms with Crippen LogP contribution >= 0.6 is 46.4 Å². The minimum Gasteiger partial charge on any atom is -0.370 e. The third-order valence-corrected chi connectivity index (χ3v) is 5.65. The van der Waals surface area contributed by atoms with Crippen molar-refractivity contribution >= 4 is 52.2 Å². The van der Waals surface area contributed by atoms with E-state index in [1.165, 1.54) is 0 Å². The third-order valence-electron chi connectivity index (χ3n) is 4.47. The van der Waals surface area contributed by atoms with Gasteiger partial charge in [0.05, 0.1) is 20.8 Å². The second-order valence-corrected chi connectivity index (χ2v) is 7.82. The Labute approximate surface area is 171 Å². The van der Waals surface area contributed by atoms with Crippen molar-refractivity contribution in [3.8, 4) is 16.9 Å². The van der Waals surface area contributed by atoms with Gasteiger partial charge in [-0.3, -0.25) is 0 Å². The number of rotatable bonds is 2. The number of aromatic nitrogens is 2. The van der Waals surface area contributed by atoms with Crippen LogP contribution in [0.5, 0.6) is 0 Å². The molecule has 3 aromatic rings. The molecule has 1 N–H and O–H groups in total. The topological polar surface area (TPSA) is 29.9 Å². The standard InChI is InChI=1S/C19H15Cl4N3/c20-11-7-8-13(21)16(10-11)26-19-12(4-1-2-9-24-19)18(25-26)17-14(22)5-3-6-15(17)23/h3,5-8,10,24H,1-2,4,9H2. The molecule has 2 aromatic carbocycles. The molecule has 0 amide bonds. The van der Waals surface area contributed by atoms with Gasteiger partial charge in [0, 0.05) is 22.7 Å². The molecule has 0 unspecified atom stereocenters. The highest BCUT2D eigenvalue weighted by atomic mass is 35.5. The monoisotopic (exact) mass is 425 g/mol. The smallest absolute Gasteiger partial charge is 0.133 e. The van der Waals surface area contributed by atoms with Crippen molar-refractivity contribution in [2.45, 2.75) is 19.3 Å². The van der Waals surface area contributed by atoms with E-state index >= 15 is 0 Å². The van der Waals surface area contributed by atoms with E-state index in [9.17, 15) is 0 Å². The molecule has 134 valence electrons. The first-order chi connectivity index (χ1) is 12.6. The lowest BCUT2D eigenvalue weighted by atomic mass is 10.0. The van der Waals surface area contributed by atoms with Crippen molar-refractivity contribution in [1.82, 2.24) is 9.78 Å². The summed E-state index contributed by atoms with van der Waals surface area (Å²) in [6, 6.07) is 10.8. The van der Waals surface area contributed by atoms with E-state index in [0.29, 0.717) is 20.1 Å². The molecule has 1 aliphatic heterocycles. The summed E-state index contributed by atoms with van der Waals surface area (Å²) in [6.45, 7) is 0.868. The predicted molar refractivity (Wildman–Crippen MR) is 110 cm³/mol. The molecule has 0 aliphatic carbocycles. The van der Waals surface area contributed by atoms with Crippen LogP contribution in [0.25, 0.3) is 16.9 Å². The number of benzene rings is 2. The first kappa shape index (κ1) is 18.0. The molecule has 1 aliphatic rings. The zero-order valence-electron chi connectivity index (χ0n) is 13.7. The summed E-state index contributed by atoms with van der Waals surface area (Å²) in [5.74, 6) is 0.914. The average molecular weight is 427 g/mol. The molecule has 0 fully saturated rings. The Morgan fingerprint density at radius 3 is 2.46 bits per heavy atom. The number of fused-ring (bicyclic) bond motifs is 1. The van der Waals surface area contributed by atoms with E-state index in [2.05, 4.69) is 5.32 Å². The van der Waals surface area contributed by atoms with E-state index in [1.54, 1.807) is 12.1 Å². The second kappa shape index (κ2) is 7.32. The Bertz CT molecular complexity index is 961. The lowest BCUT2D eigenvalue weighted by Gasteiger charge is -2.11. The SMILES string of the molecule is Clc1ccc(Cl)c(-n2nc(-c3c(Cl)cccc3Cl)c3c2NCCCC3)c1. The van der Waals surface area contributed by atoms with Crippen LogP contribution in [-0.4, -0.2) is 16.3 Å². The van der Waals surface area contributed by atoms with Crippen LogP contribution in [0.2, 0.25) is 20.1 Å². The molecule has 0 spiro atoms. The van der Waals surface area contributed by atoms with E-state index < -0.39 is 0 Å². The van der Waals surface area contributed by atoms with Gasteiger partial charge in [-0.05, 0) is 49.6 Å². The Balaban J connectivity index is 2.00. The van der Waals surface area contributed by atoms with Crippen LogP contribution in [-0.2, 0) is 6.42 Å². The van der Waals surface area contributed by atoms with E-state index in [0.717, 1.165) is 54.1 Å². The summed E-state index contributed by atoms with van der Waals surface area (Å²) in [5, 5.41) is 10.6. The van der Waals surface area contributed by atoms with Crippen molar-refractivity contribution in [2.75, 3.05) is 11.9 Å². The maximum Gasteiger partial charge on any atom is 0.133 e. The Morgan fingerprint density at radius 2 is 1.69 bits per heavy atom. The number of nitrogens with zero attached hydrogens (tertiary/aromatic N) is 2. The van der Waals surface area contributed by atoms with Crippen LogP contribution in [0.4, 0.5) is 5.82 Å². The maximum absolute atomic E-state index is 6.46. The molecule has 1 aromatic heterocycles. The molecule has 3 nitrogen and oxygen atoms in total. The van der Waals surface area contributed by atoms with Gasteiger partial charge in [-0.15, -0.1) is 0 Å². The number of halogens is 4. The minimum atomic E-state index is 0.572. The van der Waals surface area contributed by atoms with Gasteiger partial charge in [0.1, 0.15) is 11.5 Å². The summed E-state index contributed by atoms with van der Waals surface area (Å²) in [7, 11) is 0. The highest BCUT2D eigenvalue weighted by molar-refractivity contribution is 6.39. The highest BCUT2D eigenvalue weighted by Gasteiger charge is 2.25. The second-order valence-electron chi connectivity index (χ2n) is 6.16. The van der Waals surface area contributed by atoms with E-state index in [1.807, 2.05) is 28.9 Å². The minimum absolute atomic E-state index is 0.572. The first-order valence-electron chi connectivity index (χ1n) is 8.32. The van der Waals surface area contributed by atoms with E-state index in [4.69, 9.17) is 51.5 Å². The van der Waals surface area contributed by atoms with Gasteiger partial charge < -0.3 is 5.32 Å². The maximum atomic E-state index is 6.46. The molecule has 0 saturated heterocycles. The zero-order chi connectivity index (χ0) is 18.3. The van der Waals surface area contributed by atoms with Gasteiger partial charge in [-0.1, -0.05) is 52.5 Å². The summed E-state index contributed by atoms with van der Waals surface area (Å²) in [5.41, 5.74) is 3.33. The molecular formula is C19H15Cl4N3. The fourth-order valence-corrected chi connectivity index (χ4v) is 4.19. The molecule has 2 heterocycles. The molecule has 0 atom stereocenters. The van der Waals surface area contributed by atoms with Crippen LogP contribution < -0.4 is 5.32 Å². The Kier molecular flexibility index (Phi) is 5.07. The number of hydrogen-bond acceptors (Lipinski definition) is 2. The Hall–Kier alpha value is -1.39. The average Bonchev–Trinajstić information content (AvgIpc) is 2.79. The summed E-state index contributed by atoms with van der Waals surface area (Å²) < 4.78 is 1.81. The van der Waals surface area contributed by atoms with Gasteiger partial charge in [0.2, 0.25) is 0 Å². The first-order valence-corrected chi connectivity index (χ1v) is 9.83. The van der Waals surface area contributed by atoms with Crippen molar-refractivity contribution in [3.63, 3.8) is 0 Å². The van der Waals surface area contributed by atoms with Crippen molar-refractivity contribution in [3.05, 3.63) is 62.1 Å². The molecule has 0 radical (unpaired) electrons. The quantitative estimate of drug-likeness (QED) is 0.482. The third kappa shape index (κ3) is 3.18. The van der Waals surface area contributed by atoms with E-state index in [-0.39, 0.29) is 0 Å². The molecule has 0 bridgehead atoms. The normalized spacial score (nSPS) is 13.8. The van der Waals surface area contributed by atoms with Crippen molar-refractivity contribution in [1.29, 1.82) is 0 Å². The van der Waals surface area contributed by atoms with Crippen LogP contribution in [0, 0.1) is 0 Å². The predicted octanol–water partition coefficient (Wildman–Crippen LogP) is 6.90. The van der Waals surface area contributed by atoms with Crippen LogP contribution in [0.3, 0.4) is 0 Å². The lowest BCUT2D eigenvalue weighted by Crippen LogP contribution is -2.07. The molecule has 0 saturated carbocycles. The summed E-state index contributed by atoms with van der Waals surface area (Å²) in [6.07, 6.45) is 3.02. The largest absolute Gasteiger partial charge is 0.370 e. The van der Waals surface area contributed by atoms with Gasteiger partial charge in [0.25, 0.3) is 0 Å². The van der Waals surface area contributed by atoms with Gasteiger partial charge >= 0.3 is 0 Å². The molecule has 7 heteroatoms. The fourth-order valence-electron chi connectivity index (χ4n) is 3.25. The van der Waals surface area contributed by atoms with Crippen LogP contribution in [0.15, 0.2) is 36.4 Å². The fraction of sp³-hybridized carbons (Fsp3) is 0.211. The zero-order valence-corrected chi connectivity index (χ0v) is 16.7. The van der Waals surface area contributed by atoms with Gasteiger partial charge in [-0.2, -0.15) is 5.10 Å². The lowest BCUT2D eigenvalue weighted by molar-refractivity contribution is 0.780. The van der Waals surface area contributed by atoms with Gasteiger partial charge in [-0.25, -0.2) is 4.68 Å². The van der Waals surface area contributed by atoms with Crippen LogP contribution in [0.1, 0.15) is 18.4 Å². The number of hydrogen-bond donors (Lipinski definition) is 1. The number of nitrogens with one attached hydrogen (secondary N) is 1. The number of anilines is 1. The van der Waals surface area contributed by atoms with Crippen molar-refractivity contribution < 1.29 is 0 Å². The summed E-state index contributed by atoms with van der Waals surface area (Å²) in [4.78, 5) is 0. The molecule has 26 heavy (non-hydrogen) atoms. The Morgan fingerprint density at radius 1 is 0.923 bits per heavy atom. The van der Waals surface area contributed by atoms with Gasteiger partial charge in [0.15, 0.2) is 0 Å². The summed E-state index contributed by atoms with van der Waals surface area (Å²) >= 11 is 25.5. The highest BCUT2D eigenvalue weighted by Crippen LogP contribution is 2.41. The molecule has 4 rings (SSSR count).